The highest BCUT2D eigenvalue weighted by molar-refractivity contribution is 5.97. The Morgan fingerprint density at radius 3 is 2.71 bits per heavy atom. The van der Waals surface area contributed by atoms with Crippen molar-refractivity contribution >= 4 is 5.91 Å². The number of likely N-dealkylation sites (tertiary alicyclic amines) is 1. The van der Waals surface area contributed by atoms with Crippen molar-refractivity contribution in [2.75, 3.05) is 20.1 Å². The Labute approximate surface area is 141 Å². The number of hydrogen-bond donors (Lipinski definition) is 1. The zero-order valence-electron chi connectivity index (χ0n) is 13.6. The number of ether oxygens (including phenoxy) is 1. The normalized spacial score (nSPS) is 23.4. The Morgan fingerprint density at radius 1 is 1.12 bits per heavy atom. The summed E-state index contributed by atoms with van der Waals surface area (Å²) in [4.78, 5) is 16.7. The smallest absolute Gasteiger partial charge is 0.257 e. The summed E-state index contributed by atoms with van der Waals surface area (Å²) < 4.78 is 6.15. The third kappa shape index (κ3) is 2.51. The molecule has 24 heavy (non-hydrogen) atoms. The van der Waals surface area contributed by atoms with Crippen molar-refractivity contribution in [1.29, 1.82) is 0 Å². The summed E-state index contributed by atoms with van der Waals surface area (Å²) in [6.07, 6.45) is -0.0616. The van der Waals surface area contributed by atoms with Crippen LogP contribution in [-0.4, -0.2) is 53.1 Å². The summed E-state index contributed by atoms with van der Waals surface area (Å²) >= 11 is 0. The molecule has 124 valence electrons. The number of phenolic OH excluding ortho intramolecular Hbond substituents is 1. The standard InChI is InChI=1S/C19H20N2O3/c1-20-15-11-21(10-13-6-2-4-8-16(13)22)12-18(15)24-17-9-5-3-7-14(17)19(20)23/h2-9,15,18,22H,10-12H2,1H3. The van der Waals surface area contributed by atoms with Crippen LogP contribution in [0.3, 0.4) is 0 Å². The monoisotopic (exact) mass is 324 g/mol. The number of phenols is 1. The number of nitrogens with zero attached hydrogens (tertiary/aromatic N) is 2. The first-order valence-electron chi connectivity index (χ1n) is 8.15. The van der Waals surface area contributed by atoms with Crippen LogP contribution in [0.1, 0.15) is 15.9 Å². The van der Waals surface area contributed by atoms with Crippen molar-refractivity contribution in [3.63, 3.8) is 0 Å². The van der Waals surface area contributed by atoms with Crippen LogP contribution < -0.4 is 4.74 Å². The Balaban J connectivity index is 1.57. The number of likely N-dealkylation sites (N-methyl/N-ethyl adjacent to an activating group) is 1. The van der Waals surface area contributed by atoms with E-state index in [-0.39, 0.29) is 18.1 Å². The molecule has 0 bridgehead atoms. The molecule has 0 saturated carbocycles. The van der Waals surface area contributed by atoms with Gasteiger partial charge in [-0.05, 0) is 18.2 Å². The van der Waals surface area contributed by atoms with Crippen molar-refractivity contribution < 1.29 is 14.6 Å². The lowest BCUT2D eigenvalue weighted by molar-refractivity contribution is 0.0682. The Kier molecular flexibility index (Phi) is 3.65. The summed E-state index contributed by atoms with van der Waals surface area (Å²) in [7, 11) is 1.84. The molecule has 1 amide bonds. The molecule has 2 aliphatic rings. The molecule has 0 aliphatic carbocycles. The van der Waals surface area contributed by atoms with E-state index in [1.54, 1.807) is 11.0 Å². The first kappa shape index (κ1) is 15.0. The average Bonchev–Trinajstić information content (AvgIpc) is 2.94. The average molecular weight is 324 g/mol. The van der Waals surface area contributed by atoms with Crippen molar-refractivity contribution in [1.82, 2.24) is 9.80 Å². The molecule has 2 aliphatic heterocycles. The quantitative estimate of drug-likeness (QED) is 0.919. The van der Waals surface area contributed by atoms with Crippen LogP contribution >= 0.6 is 0 Å². The molecule has 2 heterocycles. The molecular weight excluding hydrogens is 304 g/mol. The maximum absolute atomic E-state index is 12.7. The van der Waals surface area contributed by atoms with Gasteiger partial charge in [0.2, 0.25) is 0 Å². The molecule has 5 heteroatoms. The number of benzene rings is 2. The van der Waals surface area contributed by atoms with Crippen LogP contribution in [0.5, 0.6) is 11.5 Å². The number of amides is 1. The molecule has 1 N–H and O–H groups in total. The number of para-hydroxylation sites is 2. The summed E-state index contributed by atoms with van der Waals surface area (Å²) in [6, 6.07) is 14.8. The predicted molar refractivity (Wildman–Crippen MR) is 90.1 cm³/mol. The maximum atomic E-state index is 12.7. The first-order valence-corrected chi connectivity index (χ1v) is 8.15. The van der Waals surface area contributed by atoms with Gasteiger partial charge in [-0.15, -0.1) is 0 Å². The van der Waals surface area contributed by atoms with Crippen molar-refractivity contribution in [2.45, 2.75) is 18.7 Å². The Morgan fingerprint density at radius 2 is 1.88 bits per heavy atom. The molecule has 2 unspecified atom stereocenters. The van der Waals surface area contributed by atoms with Crippen LogP contribution in [-0.2, 0) is 6.54 Å². The lowest BCUT2D eigenvalue weighted by atomic mass is 10.1. The third-order valence-corrected chi connectivity index (χ3v) is 4.91. The minimum Gasteiger partial charge on any atom is -0.508 e. The van der Waals surface area contributed by atoms with E-state index in [2.05, 4.69) is 4.90 Å². The molecule has 5 nitrogen and oxygen atoms in total. The molecule has 2 aromatic rings. The van der Waals surface area contributed by atoms with E-state index in [0.717, 1.165) is 18.7 Å². The minimum atomic E-state index is -0.0616. The van der Waals surface area contributed by atoms with Gasteiger partial charge in [0.05, 0.1) is 11.6 Å². The number of carbonyl (C=O) groups is 1. The van der Waals surface area contributed by atoms with Gasteiger partial charge in [-0.3, -0.25) is 9.69 Å². The van der Waals surface area contributed by atoms with Crippen molar-refractivity contribution in [3.05, 3.63) is 59.7 Å². The van der Waals surface area contributed by atoms with Gasteiger partial charge in [-0.25, -0.2) is 0 Å². The number of fused-ring (bicyclic) bond motifs is 2. The van der Waals surface area contributed by atoms with Crippen molar-refractivity contribution in [2.24, 2.45) is 0 Å². The van der Waals surface area contributed by atoms with E-state index >= 15 is 0 Å². The van der Waals surface area contributed by atoms with E-state index in [1.807, 2.05) is 49.5 Å². The van der Waals surface area contributed by atoms with E-state index < -0.39 is 0 Å². The zero-order chi connectivity index (χ0) is 16.7. The van der Waals surface area contributed by atoms with Gasteiger partial charge in [-0.2, -0.15) is 0 Å². The highest BCUT2D eigenvalue weighted by Crippen LogP contribution is 2.31. The third-order valence-electron chi connectivity index (χ3n) is 4.91. The fraction of sp³-hybridized carbons (Fsp3) is 0.316. The molecular formula is C19H20N2O3. The molecule has 0 radical (unpaired) electrons. The van der Waals surface area contributed by atoms with E-state index in [4.69, 9.17) is 4.74 Å². The Bertz CT molecular complexity index is 777. The zero-order valence-corrected chi connectivity index (χ0v) is 13.6. The van der Waals surface area contributed by atoms with Gasteiger partial charge in [0.15, 0.2) is 0 Å². The van der Waals surface area contributed by atoms with Crippen molar-refractivity contribution in [3.8, 4) is 11.5 Å². The summed E-state index contributed by atoms with van der Waals surface area (Å²) in [5, 5.41) is 9.98. The van der Waals surface area contributed by atoms with Gasteiger partial charge in [0.25, 0.3) is 5.91 Å². The minimum absolute atomic E-state index is 0.00232. The van der Waals surface area contributed by atoms with Crippen LogP contribution in [0.2, 0.25) is 0 Å². The van der Waals surface area contributed by atoms with E-state index in [9.17, 15) is 9.90 Å². The summed E-state index contributed by atoms with van der Waals surface area (Å²) in [5.41, 5.74) is 1.52. The van der Waals surface area contributed by atoms with Gasteiger partial charge < -0.3 is 14.7 Å². The highest BCUT2D eigenvalue weighted by Gasteiger charge is 2.42. The van der Waals surface area contributed by atoms with Gasteiger partial charge in [-0.1, -0.05) is 30.3 Å². The predicted octanol–water partition coefficient (Wildman–Crippen LogP) is 2.11. The van der Waals surface area contributed by atoms with Crippen LogP contribution in [0.25, 0.3) is 0 Å². The topological polar surface area (TPSA) is 53.0 Å². The Hall–Kier alpha value is -2.53. The second kappa shape index (κ2) is 5.83. The lowest BCUT2D eigenvalue weighted by Crippen LogP contribution is -2.44. The van der Waals surface area contributed by atoms with Gasteiger partial charge >= 0.3 is 0 Å². The maximum Gasteiger partial charge on any atom is 0.257 e. The van der Waals surface area contributed by atoms with E-state index in [1.165, 1.54) is 0 Å². The van der Waals surface area contributed by atoms with Crippen LogP contribution in [0, 0.1) is 0 Å². The fourth-order valence-electron chi connectivity index (χ4n) is 3.58. The largest absolute Gasteiger partial charge is 0.508 e. The number of hydrogen-bond acceptors (Lipinski definition) is 4. The first-order chi connectivity index (χ1) is 11.6. The van der Waals surface area contributed by atoms with E-state index in [0.29, 0.717) is 23.6 Å². The molecule has 0 spiro atoms. The molecule has 0 aromatic heterocycles. The second-order valence-corrected chi connectivity index (χ2v) is 6.46. The molecule has 4 rings (SSSR count). The van der Waals surface area contributed by atoms with Gasteiger partial charge in [0.1, 0.15) is 17.6 Å². The summed E-state index contributed by atoms with van der Waals surface area (Å²) in [6.45, 7) is 2.10. The van der Waals surface area contributed by atoms with Crippen LogP contribution in [0.15, 0.2) is 48.5 Å². The number of carbonyl (C=O) groups excluding carboxylic acids is 1. The van der Waals surface area contributed by atoms with Gasteiger partial charge in [0, 0.05) is 32.2 Å². The number of rotatable bonds is 2. The highest BCUT2D eigenvalue weighted by atomic mass is 16.5. The molecule has 2 atom stereocenters. The SMILES string of the molecule is CN1C(=O)c2ccccc2OC2CN(Cc3ccccc3O)CC21. The molecule has 1 saturated heterocycles. The second-order valence-electron chi connectivity index (χ2n) is 6.46. The molecule has 2 aromatic carbocycles. The fourth-order valence-corrected chi connectivity index (χ4v) is 3.58. The molecule has 1 fully saturated rings. The number of aromatic hydroxyl groups is 1. The summed E-state index contributed by atoms with van der Waals surface area (Å²) in [5.74, 6) is 0.967. The van der Waals surface area contributed by atoms with Crippen LogP contribution in [0.4, 0.5) is 0 Å². The lowest BCUT2D eigenvalue weighted by Gasteiger charge is -2.25.